The van der Waals surface area contributed by atoms with Crippen molar-refractivity contribution in [2.45, 2.75) is 46.6 Å². The molecule has 1 aromatic heterocycles. The van der Waals surface area contributed by atoms with Gasteiger partial charge in [0.1, 0.15) is 17.1 Å². The minimum absolute atomic E-state index is 0.0493. The topological polar surface area (TPSA) is 72.6 Å². The van der Waals surface area contributed by atoms with Crippen LogP contribution >= 0.6 is 0 Å². The van der Waals surface area contributed by atoms with E-state index in [-0.39, 0.29) is 23.7 Å². The lowest BCUT2D eigenvalue weighted by Crippen LogP contribution is -2.42. The predicted octanol–water partition coefficient (Wildman–Crippen LogP) is 3.81. The molecule has 3 rings (SSSR count). The van der Waals surface area contributed by atoms with Crippen LogP contribution in [0, 0.1) is 19.8 Å². The van der Waals surface area contributed by atoms with Crippen molar-refractivity contribution >= 4 is 11.7 Å². The van der Waals surface area contributed by atoms with Crippen molar-refractivity contribution in [3.8, 4) is 5.75 Å². The number of benzene rings is 1. The number of likely N-dealkylation sites (tertiary alicyclic amines) is 1. The highest BCUT2D eigenvalue weighted by atomic mass is 16.5. The fraction of sp³-hybridized carbons (Fsp3) is 0.476. The van der Waals surface area contributed by atoms with Crippen LogP contribution in [0.4, 0.5) is 0 Å². The molecule has 144 valence electrons. The van der Waals surface area contributed by atoms with Crippen molar-refractivity contribution in [1.82, 2.24) is 10.1 Å². The molecule has 27 heavy (non-hydrogen) atoms. The molecule has 1 aliphatic rings. The number of amides is 1. The summed E-state index contributed by atoms with van der Waals surface area (Å²) in [6.07, 6.45) is 1.63. The van der Waals surface area contributed by atoms with Crippen molar-refractivity contribution in [3.05, 3.63) is 46.8 Å². The van der Waals surface area contributed by atoms with Crippen LogP contribution in [0.15, 0.2) is 28.8 Å². The highest BCUT2D eigenvalue weighted by Gasteiger charge is 2.31. The minimum Gasteiger partial charge on any atom is -0.491 e. The van der Waals surface area contributed by atoms with Crippen molar-refractivity contribution in [2.24, 2.45) is 5.92 Å². The maximum Gasteiger partial charge on any atom is 0.259 e. The van der Waals surface area contributed by atoms with Gasteiger partial charge in [-0.2, -0.15) is 0 Å². The molecule has 0 radical (unpaired) electrons. The van der Waals surface area contributed by atoms with Gasteiger partial charge in [-0.05, 0) is 52.7 Å². The van der Waals surface area contributed by atoms with Crippen molar-refractivity contribution in [2.75, 3.05) is 13.1 Å². The van der Waals surface area contributed by atoms with Crippen LogP contribution in [0.2, 0.25) is 0 Å². The van der Waals surface area contributed by atoms with Crippen molar-refractivity contribution < 1.29 is 18.8 Å². The molecule has 1 atom stereocenters. The quantitative estimate of drug-likeness (QED) is 0.748. The summed E-state index contributed by atoms with van der Waals surface area (Å²) in [5, 5.41) is 3.86. The van der Waals surface area contributed by atoms with Crippen LogP contribution < -0.4 is 4.74 Å². The summed E-state index contributed by atoms with van der Waals surface area (Å²) in [5.74, 6) is 0.943. The summed E-state index contributed by atoms with van der Waals surface area (Å²) in [6, 6.07) is 7.29. The molecule has 0 saturated carbocycles. The lowest BCUT2D eigenvalue weighted by molar-refractivity contribution is 0.0635. The van der Waals surface area contributed by atoms with Gasteiger partial charge in [0.15, 0.2) is 5.78 Å². The molecule has 1 aliphatic heterocycles. The number of aryl methyl sites for hydroxylation is 2. The van der Waals surface area contributed by atoms with Gasteiger partial charge in [0.05, 0.1) is 11.8 Å². The Morgan fingerprint density at radius 1 is 1.30 bits per heavy atom. The summed E-state index contributed by atoms with van der Waals surface area (Å²) in [5.41, 5.74) is 1.73. The molecule has 2 aromatic rings. The number of piperidine rings is 1. The molecule has 0 bridgehead atoms. The molecule has 1 amide bonds. The van der Waals surface area contributed by atoms with Gasteiger partial charge in [-0.1, -0.05) is 17.3 Å². The van der Waals surface area contributed by atoms with Crippen LogP contribution in [0.1, 0.15) is 58.9 Å². The number of rotatable bonds is 5. The number of hydrogen-bond acceptors (Lipinski definition) is 5. The Hall–Kier alpha value is -2.63. The average molecular weight is 370 g/mol. The van der Waals surface area contributed by atoms with Gasteiger partial charge in [-0.3, -0.25) is 9.59 Å². The van der Waals surface area contributed by atoms with Gasteiger partial charge in [0, 0.05) is 24.6 Å². The Bertz CT molecular complexity index is 821. The molecule has 6 nitrogen and oxygen atoms in total. The fourth-order valence-corrected chi connectivity index (χ4v) is 3.55. The Morgan fingerprint density at radius 2 is 2.07 bits per heavy atom. The Balaban J connectivity index is 1.74. The lowest BCUT2D eigenvalue weighted by Gasteiger charge is -2.32. The highest BCUT2D eigenvalue weighted by Crippen LogP contribution is 2.25. The molecule has 1 fully saturated rings. The molecule has 0 N–H and O–H groups in total. The first-order chi connectivity index (χ1) is 12.9. The molecular weight excluding hydrogens is 344 g/mol. The lowest BCUT2D eigenvalue weighted by atomic mass is 9.89. The third-order valence-corrected chi connectivity index (χ3v) is 4.82. The van der Waals surface area contributed by atoms with Gasteiger partial charge < -0.3 is 14.2 Å². The maximum atomic E-state index is 13.0. The number of aromatic nitrogens is 1. The molecule has 1 aromatic carbocycles. The summed E-state index contributed by atoms with van der Waals surface area (Å²) in [4.78, 5) is 27.6. The van der Waals surface area contributed by atoms with Gasteiger partial charge in [0.2, 0.25) is 0 Å². The van der Waals surface area contributed by atoms with E-state index in [0.717, 1.165) is 12.8 Å². The zero-order chi connectivity index (χ0) is 19.6. The van der Waals surface area contributed by atoms with Crippen LogP contribution in [0.25, 0.3) is 0 Å². The normalized spacial score (nSPS) is 17.2. The number of nitrogens with zero attached hydrogens (tertiary/aromatic N) is 2. The molecule has 1 saturated heterocycles. The fourth-order valence-electron chi connectivity index (χ4n) is 3.55. The average Bonchev–Trinajstić information content (AvgIpc) is 2.98. The van der Waals surface area contributed by atoms with Gasteiger partial charge in [-0.15, -0.1) is 0 Å². The van der Waals surface area contributed by atoms with E-state index in [0.29, 0.717) is 41.4 Å². The number of ketones is 1. The Kier molecular flexibility index (Phi) is 5.63. The largest absolute Gasteiger partial charge is 0.491 e. The SMILES string of the molecule is Cc1noc(C)c1C(=O)N1CCC[C@H](C(=O)c2cccc(OC(C)C)c2)C1. The van der Waals surface area contributed by atoms with Crippen molar-refractivity contribution in [1.29, 1.82) is 0 Å². The minimum atomic E-state index is -0.211. The van der Waals surface area contributed by atoms with Crippen LogP contribution in [0.3, 0.4) is 0 Å². The summed E-state index contributed by atoms with van der Waals surface area (Å²) in [6.45, 7) is 8.46. The van der Waals surface area contributed by atoms with Gasteiger partial charge in [0.25, 0.3) is 5.91 Å². The number of Topliss-reactive ketones (excluding diaryl/α,β-unsaturated/α-hetero) is 1. The number of ether oxygens (including phenoxy) is 1. The Morgan fingerprint density at radius 3 is 2.74 bits per heavy atom. The predicted molar refractivity (Wildman–Crippen MR) is 101 cm³/mol. The Labute approximate surface area is 159 Å². The molecule has 0 spiro atoms. The first-order valence-electron chi connectivity index (χ1n) is 9.40. The van der Waals surface area contributed by atoms with Crippen LogP contribution in [-0.4, -0.2) is 40.9 Å². The highest BCUT2D eigenvalue weighted by molar-refractivity contribution is 6.00. The molecule has 0 aliphatic carbocycles. The summed E-state index contributed by atoms with van der Waals surface area (Å²) in [7, 11) is 0. The number of carbonyl (C=O) groups is 2. The van der Waals surface area contributed by atoms with E-state index < -0.39 is 0 Å². The molecule has 6 heteroatoms. The first-order valence-corrected chi connectivity index (χ1v) is 9.40. The first kappa shape index (κ1) is 19.1. The third-order valence-electron chi connectivity index (χ3n) is 4.82. The second-order valence-electron chi connectivity index (χ2n) is 7.35. The molecule has 0 unspecified atom stereocenters. The van der Waals surface area contributed by atoms with Gasteiger partial charge >= 0.3 is 0 Å². The number of carbonyl (C=O) groups excluding carboxylic acids is 2. The van der Waals surface area contributed by atoms with E-state index in [1.54, 1.807) is 24.8 Å². The van der Waals surface area contributed by atoms with Crippen LogP contribution in [0.5, 0.6) is 5.75 Å². The van der Waals surface area contributed by atoms with E-state index in [9.17, 15) is 9.59 Å². The number of hydrogen-bond donors (Lipinski definition) is 0. The zero-order valence-electron chi connectivity index (χ0n) is 16.3. The van der Waals surface area contributed by atoms with E-state index in [2.05, 4.69) is 5.16 Å². The van der Waals surface area contributed by atoms with E-state index in [1.807, 2.05) is 32.0 Å². The van der Waals surface area contributed by atoms with Crippen LogP contribution in [-0.2, 0) is 0 Å². The van der Waals surface area contributed by atoms with Crippen molar-refractivity contribution in [3.63, 3.8) is 0 Å². The second kappa shape index (κ2) is 7.94. The molecular formula is C21H26N2O4. The summed E-state index contributed by atoms with van der Waals surface area (Å²) >= 11 is 0. The monoisotopic (exact) mass is 370 g/mol. The third kappa shape index (κ3) is 4.21. The smallest absolute Gasteiger partial charge is 0.259 e. The van der Waals surface area contributed by atoms with E-state index in [1.165, 1.54) is 0 Å². The van der Waals surface area contributed by atoms with E-state index >= 15 is 0 Å². The molecule has 2 heterocycles. The maximum absolute atomic E-state index is 13.0. The standard InChI is InChI=1S/C21H26N2O4/c1-13(2)26-18-9-5-7-16(11-18)20(24)17-8-6-10-23(12-17)21(25)19-14(3)22-27-15(19)4/h5,7,9,11,13,17H,6,8,10,12H2,1-4H3/t17-/m0/s1. The second-order valence-corrected chi connectivity index (χ2v) is 7.35. The summed E-state index contributed by atoms with van der Waals surface area (Å²) < 4.78 is 10.8. The zero-order valence-corrected chi connectivity index (χ0v) is 16.3. The van der Waals surface area contributed by atoms with Gasteiger partial charge in [-0.25, -0.2) is 0 Å². The van der Waals surface area contributed by atoms with E-state index in [4.69, 9.17) is 9.26 Å².